The third kappa shape index (κ3) is 5.90. The fourth-order valence-electron chi connectivity index (χ4n) is 2.56. The second-order valence-electron chi connectivity index (χ2n) is 6.40. The largest absolute Gasteiger partial charge is 0.462 e. The Bertz CT molecular complexity index is 863. The molecule has 1 heterocycles. The van der Waals surface area contributed by atoms with Gasteiger partial charge in [0.05, 0.1) is 25.3 Å². The average Bonchev–Trinajstić information content (AvgIpc) is 3.07. The first kappa shape index (κ1) is 21.6. The first-order valence-corrected chi connectivity index (χ1v) is 9.78. The molecule has 0 aliphatic heterocycles. The van der Waals surface area contributed by atoms with Gasteiger partial charge in [-0.15, -0.1) is 11.3 Å². The summed E-state index contributed by atoms with van der Waals surface area (Å²) in [6, 6.07) is 7.33. The van der Waals surface area contributed by atoms with Crippen molar-refractivity contribution in [2.75, 3.05) is 37.4 Å². The Morgan fingerprint density at radius 2 is 1.75 bits per heavy atom. The van der Waals surface area contributed by atoms with Crippen molar-refractivity contribution in [2.24, 2.45) is 0 Å². The molecule has 0 aliphatic rings. The SMILES string of the molecule is CCOC(=O)c1ccsc1NC(=O)CN(C)CC(=O)Nc1cccc(C)c1C. The van der Waals surface area contributed by atoms with Crippen LogP contribution in [0.3, 0.4) is 0 Å². The number of rotatable bonds is 8. The molecule has 150 valence electrons. The minimum Gasteiger partial charge on any atom is -0.462 e. The van der Waals surface area contributed by atoms with Crippen LogP contribution >= 0.6 is 11.3 Å². The summed E-state index contributed by atoms with van der Waals surface area (Å²) in [6.07, 6.45) is 0. The highest BCUT2D eigenvalue weighted by molar-refractivity contribution is 7.14. The van der Waals surface area contributed by atoms with E-state index < -0.39 is 5.97 Å². The third-order valence-electron chi connectivity index (χ3n) is 4.12. The molecule has 0 saturated heterocycles. The smallest absolute Gasteiger partial charge is 0.341 e. The van der Waals surface area contributed by atoms with Gasteiger partial charge in [0, 0.05) is 5.69 Å². The molecule has 0 radical (unpaired) electrons. The number of thiophene rings is 1. The summed E-state index contributed by atoms with van der Waals surface area (Å²) in [4.78, 5) is 38.0. The predicted octanol–water partition coefficient (Wildman–Crippen LogP) is 3.05. The molecule has 0 saturated carbocycles. The number of aryl methyl sites for hydroxylation is 1. The lowest BCUT2D eigenvalue weighted by Gasteiger charge is -2.17. The van der Waals surface area contributed by atoms with Gasteiger partial charge in [-0.05, 0) is 56.5 Å². The molecule has 2 amide bonds. The van der Waals surface area contributed by atoms with Crippen LogP contribution in [0.1, 0.15) is 28.4 Å². The van der Waals surface area contributed by atoms with Gasteiger partial charge < -0.3 is 15.4 Å². The van der Waals surface area contributed by atoms with Gasteiger partial charge >= 0.3 is 5.97 Å². The molecule has 0 bridgehead atoms. The number of esters is 1. The molecular formula is C20H25N3O4S. The van der Waals surface area contributed by atoms with Gasteiger partial charge in [-0.25, -0.2) is 4.79 Å². The van der Waals surface area contributed by atoms with Crippen molar-refractivity contribution in [2.45, 2.75) is 20.8 Å². The van der Waals surface area contributed by atoms with E-state index in [4.69, 9.17) is 4.74 Å². The number of nitrogens with zero attached hydrogens (tertiary/aromatic N) is 1. The number of amides is 2. The Morgan fingerprint density at radius 3 is 2.43 bits per heavy atom. The quantitative estimate of drug-likeness (QED) is 0.662. The number of carbonyl (C=O) groups is 3. The summed E-state index contributed by atoms with van der Waals surface area (Å²) in [7, 11) is 1.68. The van der Waals surface area contributed by atoms with Crippen molar-refractivity contribution < 1.29 is 19.1 Å². The minimum atomic E-state index is -0.472. The van der Waals surface area contributed by atoms with Gasteiger partial charge in [0.15, 0.2) is 0 Å². The normalized spacial score (nSPS) is 10.6. The Balaban J connectivity index is 1.87. The van der Waals surface area contributed by atoms with E-state index in [1.54, 1.807) is 30.3 Å². The average molecular weight is 404 g/mol. The Morgan fingerprint density at radius 1 is 1.07 bits per heavy atom. The summed E-state index contributed by atoms with van der Waals surface area (Å²) in [5.41, 5.74) is 3.20. The lowest BCUT2D eigenvalue weighted by molar-refractivity contribution is -0.119. The second-order valence-corrected chi connectivity index (χ2v) is 7.32. The monoisotopic (exact) mass is 403 g/mol. The molecule has 0 unspecified atom stereocenters. The van der Waals surface area contributed by atoms with Crippen LogP contribution in [0.15, 0.2) is 29.6 Å². The van der Waals surface area contributed by atoms with Crippen molar-refractivity contribution in [3.8, 4) is 0 Å². The Labute approximate surface area is 168 Å². The van der Waals surface area contributed by atoms with E-state index >= 15 is 0 Å². The lowest BCUT2D eigenvalue weighted by atomic mass is 10.1. The summed E-state index contributed by atoms with van der Waals surface area (Å²) in [6.45, 7) is 6.00. The van der Waals surface area contributed by atoms with Crippen molar-refractivity contribution in [1.29, 1.82) is 0 Å². The molecule has 2 aromatic rings. The van der Waals surface area contributed by atoms with E-state index in [1.165, 1.54) is 11.3 Å². The summed E-state index contributed by atoms with van der Waals surface area (Å²) in [5.74, 6) is -0.984. The van der Waals surface area contributed by atoms with Gasteiger partial charge in [-0.2, -0.15) is 0 Å². The Hall–Kier alpha value is -2.71. The van der Waals surface area contributed by atoms with Crippen LogP contribution in [-0.4, -0.2) is 49.4 Å². The molecule has 0 atom stereocenters. The molecule has 1 aromatic heterocycles. The van der Waals surface area contributed by atoms with Crippen molar-refractivity contribution in [3.05, 3.63) is 46.3 Å². The van der Waals surface area contributed by atoms with Gasteiger partial charge in [0.1, 0.15) is 5.00 Å². The maximum Gasteiger partial charge on any atom is 0.341 e. The number of likely N-dealkylation sites (N-methyl/N-ethyl adjacent to an activating group) is 1. The molecule has 0 fully saturated rings. The number of ether oxygens (including phenoxy) is 1. The van der Waals surface area contributed by atoms with Gasteiger partial charge in [-0.3, -0.25) is 14.5 Å². The van der Waals surface area contributed by atoms with E-state index in [0.717, 1.165) is 16.8 Å². The van der Waals surface area contributed by atoms with Crippen LogP contribution in [0.2, 0.25) is 0 Å². The van der Waals surface area contributed by atoms with E-state index in [2.05, 4.69) is 10.6 Å². The zero-order valence-electron chi connectivity index (χ0n) is 16.5. The summed E-state index contributed by atoms with van der Waals surface area (Å²) < 4.78 is 4.97. The number of nitrogens with one attached hydrogen (secondary N) is 2. The zero-order valence-corrected chi connectivity index (χ0v) is 17.3. The van der Waals surface area contributed by atoms with Crippen LogP contribution in [0.25, 0.3) is 0 Å². The summed E-state index contributed by atoms with van der Waals surface area (Å²) in [5, 5.41) is 7.73. The number of benzene rings is 1. The molecule has 1 aromatic carbocycles. The molecule has 0 spiro atoms. The van der Waals surface area contributed by atoms with Crippen molar-refractivity contribution in [3.63, 3.8) is 0 Å². The number of carbonyl (C=O) groups excluding carboxylic acids is 3. The molecule has 7 nitrogen and oxygen atoms in total. The highest BCUT2D eigenvalue weighted by Gasteiger charge is 2.17. The lowest BCUT2D eigenvalue weighted by Crippen LogP contribution is -2.36. The van der Waals surface area contributed by atoms with E-state index in [-0.39, 0.29) is 31.5 Å². The number of hydrogen-bond acceptors (Lipinski definition) is 6. The first-order valence-electron chi connectivity index (χ1n) is 8.90. The standard InChI is InChI=1S/C20H25N3O4S/c1-5-27-20(26)15-9-10-28-19(15)22-18(25)12-23(4)11-17(24)21-16-8-6-7-13(2)14(16)3/h6-10H,5,11-12H2,1-4H3,(H,21,24)(H,22,25). The predicted molar refractivity (Wildman–Crippen MR) is 111 cm³/mol. The first-order chi connectivity index (χ1) is 13.3. The van der Waals surface area contributed by atoms with Crippen LogP contribution in [-0.2, 0) is 14.3 Å². The molecule has 0 aliphatic carbocycles. The topological polar surface area (TPSA) is 87.7 Å². The van der Waals surface area contributed by atoms with Crippen LogP contribution in [0.5, 0.6) is 0 Å². The summed E-state index contributed by atoms with van der Waals surface area (Å²) >= 11 is 1.25. The fraction of sp³-hybridized carbons (Fsp3) is 0.350. The zero-order chi connectivity index (χ0) is 20.7. The molecule has 2 N–H and O–H groups in total. The van der Waals surface area contributed by atoms with Crippen molar-refractivity contribution in [1.82, 2.24) is 4.90 Å². The fourth-order valence-corrected chi connectivity index (χ4v) is 3.36. The van der Waals surface area contributed by atoms with E-state index in [9.17, 15) is 14.4 Å². The number of hydrogen-bond donors (Lipinski definition) is 2. The van der Waals surface area contributed by atoms with Crippen LogP contribution < -0.4 is 10.6 Å². The molecule has 8 heteroatoms. The van der Waals surface area contributed by atoms with Crippen LogP contribution in [0, 0.1) is 13.8 Å². The van der Waals surface area contributed by atoms with Gasteiger partial charge in [0.25, 0.3) is 0 Å². The van der Waals surface area contributed by atoms with Gasteiger partial charge in [-0.1, -0.05) is 12.1 Å². The third-order valence-corrected chi connectivity index (χ3v) is 4.95. The second kappa shape index (κ2) is 10.0. The Kier molecular flexibility index (Phi) is 7.71. The molecular weight excluding hydrogens is 378 g/mol. The highest BCUT2D eigenvalue weighted by atomic mass is 32.1. The maximum atomic E-state index is 12.3. The minimum absolute atomic E-state index is 0.0143. The van der Waals surface area contributed by atoms with E-state index in [1.807, 2.05) is 32.0 Å². The van der Waals surface area contributed by atoms with Gasteiger partial charge in [0.2, 0.25) is 11.8 Å². The number of anilines is 2. The van der Waals surface area contributed by atoms with Crippen molar-refractivity contribution >= 4 is 39.8 Å². The molecule has 2 rings (SSSR count). The maximum absolute atomic E-state index is 12.3. The molecule has 28 heavy (non-hydrogen) atoms. The highest BCUT2D eigenvalue weighted by Crippen LogP contribution is 2.24. The van der Waals surface area contributed by atoms with Crippen LogP contribution in [0.4, 0.5) is 10.7 Å². The van der Waals surface area contributed by atoms with E-state index in [0.29, 0.717) is 10.6 Å².